The number of aryl methyl sites for hydroxylation is 1. The van der Waals surface area contributed by atoms with Gasteiger partial charge < -0.3 is 5.73 Å². The average molecular weight is 238 g/mol. The lowest BCUT2D eigenvalue weighted by molar-refractivity contribution is 0.449. The third-order valence-electron chi connectivity index (χ3n) is 2.38. The van der Waals surface area contributed by atoms with E-state index in [9.17, 15) is 13.2 Å². The number of halogens is 3. The van der Waals surface area contributed by atoms with Crippen LogP contribution in [-0.4, -0.2) is 4.98 Å². The molecule has 17 heavy (non-hydrogen) atoms. The fraction of sp³-hybridized carbons (Fsp3) is 0.0833. The Hall–Kier alpha value is -2.04. The molecule has 0 aliphatic rings. The Morgan fingerprint density at radius 2 is 1.76 bits per heavy atom. The van der Waals surface area contributed by atoms with Gasteiger partial charge in [0.25, 0.3) is 0 Å². The molecule has 1 heterocycles. The summed E-state index contributed by atoms with van der Waals surface area (Å²) in [6.07, 6.45) is 1.51. The molecule has 2 nitrogen and oxygen atoms in total. The third kappa shape index (κ3) is 1.95. The number of anilines is 1. The zero-order valence-corrected chi connectivity index (χ0v) is 8.97. The second-order valence-corrected chi connectivity index (χ2v) is 3.67. The fourth-order valence-corrected chi connectivity index (χ4v) is 1.53. The normalized spacial score (nSPS) is 10.6. The Morgan fingerprint density at radius 3 is 2.47 bits per heavy atom. The van der Waals surface area contributed by atoms with Gasteiger partial charge in [0.2, 0.25) is 0 Å². The molecule has 0 aliphatic carbocycles. The Bertz CT molecular complexity index is 582. The van der Waals surface area contributed by atoms with E-state index in [1.165, 1.54) is 6.20 Å². The monoisotopic (exact) mass is 238 g/mol. The summed E-state index contributed by atoms with van der Waals surface area (Å²) in [5.74, 6) is -3.93. The minimum atomic E-state index is -1.51. The topological polar surface area (TPSA) is 38.9 Å². The van der Waals surface area contributed by atoms with Crippen LogP contribution in [0.1, 0.15) is 5.56 Å². The van der Waals surface area contributed by atoms with Crippen LogP contribution in [0, 0.1) is 24.4 Å². The lowest BCUT2D eigenvalue weighted by Crippen LogP contribution is -1.99. The first kappa shape index (κ1) is 11.4. The van der Waals surface area contributed by atoms with Gasteiger partial charge in [-0.15, -0.1) is 0 Å². The second kappa shape index (κ2) is 4.08. The number of nitrogens with two attached hydrogens (primary N) is 1. The van der Waals surface area contributed by atoms with E-state index in [1.54, 1.807) is 13.0 Å². The Kier molecular flexibility index (Phi) is 2.75. The molecule has 2 N–H and O–H groups in total. The number of benzene rings is 1. The number of hydrogen-bond acceptors (Lipinski definition) is 2. The van der Waals surface area contributed by atoms with E-state index < -0.39 is 17.5 Å². The number of rotatable bonds is 1. The number of aromatic nitrogens is 1. The van der Waals surface area contributed by atoms with Crippen LogP contribution in [0.2, 0.25) is 0 Å². The molecule has 1 aromatic heterocycles. The summed E-state index contributed by atoms with van der Waals surface area (Å²) in [5, 5.41) is 0. The minimum absolute atomic E-state index is 0.0699. The van der Waals surface area contributed by atoms with Gasteiger partial charge in [-0.3, -0.25) is 0 Å². The maximum absolute atomic E-state index is 13.6. The van der Waals surface area contributed by atoms with Gasteiger partial charge in [-0.25, -0.2) is 18.2 Å². The van der Waals surface area contributed by atoms with Gasteiger partial charge in [0, 0.05) is 17.3 Å². The van der Waals surface area contributed by atoms with Crippen molar-refractivity contribution in [2.24, 2.45) is 0 Å². The van der Waals surface area contributed by atoms with Gasteiger partial charge in [0.15, 0.2) is 17.5 Å². The van der Waals surface area contributed by atoms with Crippen LogP contribution >= 0.6 is 0 Å². The van der Waals surface area contributed by atoms with E-state index in [4.69, 9.17) is 5.73 Å². The molecular formula is C12H9F3N2. The zero-order chi connectivity index (χ0) is 12.6. The standard InChI is InChI=1S/C12H9F3N2/c1-6-4-8(12(16)17-5-6)7-2-3-9(13)11(15)10(7)14/h2-5H,1H3,(H2,16,17). The second-order valence-electron chi connectivity index (χ2n) is 3.67. The van der Waals surface area contributed by atoms with Crippen LogP contribution < -0.4 is 5.73 Å². The van der Waals surface area contributed by atoms with E-state index >= 15 is 0 Å². The van der Waals surface area contributed by atoms with E-state index in [1.807, 2.05) is 0 Å². The van der Waals surface area contributed by atoms with Crippen LogP contribution in [0.25, 0.3) is 11.1 Å². The highest BCUT2D eigenvalue weighted by Gasteiger charge is 2.16. The van der Waals surface area contributed by atoms with Gasteiger partial charge >= 0.3 is 0 Å². The highest BCUT2D eigenvalue weighted by atomic mass is 19.2. The molecule has 1 aromatic carbocycles. The molecule has 0 atom stereocenters. The van der Waals surface area contributed by atoms with Gasteiger partial charge in [-0.1, -0.05) is 0 Å². The zero-order valence-electron chi connectivity index (χ0n) is 8.97. The van der Waals surface area contributed by atoms with Crippen LogP contribution in [0.5, 0.6) is 0 Å². The summed E-state index contributed by atoms with van der Waals surface area (Å²) in [4.78, 5) is 3.84. The van der Waals surface area contributed by atoms with E-state index in [-0.39, 0.29) is 16.9 Å². The van der Waals surface area contributed by atoms with E-state index in [0.29, 0.717) is 0 Å². The van der Waals surface area contributed by atoms with Crippen molar-refractivity contribution in [2.45, 2.75) is 6.92 Å². The van der Waals surface area contributed by atoms with Crippen LogP contribution in [0.15, 0.2) is 24.4 Å². The molecule has 88 valence electrons. The van der Waals surface area contributed by atoms with Gasteiger partial charge in [-0.2, -0.15) is 0 Å². The number of nitrogens with zero attached hydrogens (tertiary/aromatic N) is 1. The van der Waals surface area contributed by atoms with Crippen molar-refractivity contribution in [3.05, 3.63) is 47.4 Å². The maximum Gasteiger partial charge on any atom is 0.195 e. The van der Waals surface area contributed by atoms with Gasteiger partial charge in [0.1, 0.15) is 5.82 Å². The highest BCUT2D eigenvalue weighted by molar-refractivity contribution is 5.74. The first-order chi connectivity index (χ1) is 8.00. The molecule has 0 aliphatic heterocycles. The van der Waals surface area contributed by atoms with Crippen molar-refractivity contribution in [1.82, 2.24) is 4.98 Å². The van der Waals surface area contributed by atoms with E-state index in [2.05, 4.69) is 4.98 Å². The molecular weight excluding hydrogens is 229 g/mol. The lowest BCUT2D eigenvalue weighted by atomic mass is 10.0. The van der Waals surface area contributed by atoms with Crippen molar-refractivity contribution >= 4 is 5.82 Å². The molecule has 0 spiro atoms. The summed E-state index contributed by atoms with van der Waals surface area (Å²) >= 11 is 0. The number of hydrogen-bond donors (Lipinski definition) is 1. The molecule has 0 bridgehead atoms. The first-order valence-corrected chi connectivity index (χ1v) is 4.86. The SMILES string of the molecule is Cc1cnc(N)c(-c2ccc(F)c(F)c2F)c1. The third-order valence-corrected chi connectivity index (χ3v) is 2.38. The molecule has 0 amide bonds. The number of nitrogen functional groups attached to an aromatic ring is 1. The lowest BCUT2D eigenvalue weighted by Gasteiger charge is -2.08. The van der Waals surface area contributed by atoms with Crippen molar-refractivity contribution in [3.8, 4) is 11.1 Å². The van der Waals surface area contributed by atoms with Crippen LogP contribution in [0.4, 0.5) is 19.0 Å². The summed E-state index contributed by atoms with van der Waals surface area (Å²) < 4.78 is 39.5. The largest absolute Gasteiger partial charge is 0.383 e. The predicted octanol–water partition coefficient (Wildman–Crippen LogP) is 3.06. The molecule has 0 saturated heterocycles. The molecule has 0 fully saturated rings. The van der Waals surface area contributed by atoms with Crippen molar-refractivity contribution in [3.63, 3.8) is 0 Å². The van der Waals surface area contributed by atoms with Crippen LogP contribution in [0.3, 0.4) is 0 Å². The average Bonchev–Trinajstić information content (AvgIpc) is 2.30. The molecule has 0 radical (unpaired) electrons. The van der Waals surface area contributed by atoms with Gasteiger partial charge in [-0.05, 0) is 30.7 Å². The van der Waals surface area contributed by atoms with Crippen molar-refractivity contribution < 1.29 is 13.2 Å². The van der Waals surface area contributed by atoms with Crippen molar-refractivity contribution in [1.29, 1.82) is 0 Å². The Labute approximate surface area is 95.9 Å². The van der Waals surface area contributed by atoms with E-state index in [0.717, 1.165) is 17.7 Å². The molecule has 2 rings (SSSR count). The smallest absolute Gasteiger partial charge is 0.195 e. The minimum Gasteiger partial charge on any atom is -0.383 e. The molecule has 0 unspecified atom stereocenters. The Morgan fingerprint density at radius 1 is 1.06 bits per heavy atom. The molecule has 5 heteroatoms. The van der Waals surface area contributed by atoms with Crippen molar-refractivity contribution in [2.75, 3.05) is 5.73 Å². The summed E-state index contributed by atoms with van der Waals surface area (Å²) in [7, 11) is 0. The van der Waals surface area contributed by atoms with Gasteiger partial charge in [0.05, 0.1) is 0 Å². The molecule has 2 aromatic rings. The summed E-state index contributed by atoms with van der Waals surface area (Å²) in [6, 6.07) is 3.56. The fourth-order valence-electron chi connectivity index (χ4n) is 1.53. The maximum atomic E-state index is 13.6. The predicted molar refractivity (Wildman–Crippen MR) is 58.7 cm³/mol. The summed E-state index contributed by atoms with van der Waals surface area (Å²) in [6.45, 7) is 1.74. The van der Waals surface area contributed by atoms with Crippen LogP contribution in [-0.2, 0) is 0 Å². The molecule has 0 saturated carbocycles. The summed E-state index contributed by atoms with van der Waals surface area (Å²) in [5.41, 5.74) is 6.48. The quantitative estimate of drug-likeness (QED) is 0.775. The number of pyridine rings is 1. The highest BCUT2D eigenvalue weighted by Crippen LogP contribution is 2.29. The Balaban J connectivity index is 2.69. The first-order valence-electron chi connectivity index (χ1n) is 4.86.